The molecule has 2 aliphatic rings. The van der Waals surface area contributed by atoms with Gasteiger partial charge in [0.05, 0.1) is 12.2 Å². The molecule has 2 N–H and O–H groups in total. The largest absolute Gasteiger partial charge is 0.375 e. The van der Waals surface area contributed by atoms with Crippen molar-refractivity contribution in [3.63, 3.8) is 0 Å². The third-order valence-electron chi connectivity index (χ3n) is 3.32. The minimum absolute atomic E-state index is 0.394. The van der Waals surface area contributed by atoms with E-state index in [9.17, 15) is 0 Å². The number of fused-ring (bicyclic) bond motifs is 2. The Morgan fingerprint density at radius 3 is 2.83 bits per heavy atom. The maximum atomic E-state index is 6.10. The molecular weight excluding hydrogens is 150 g/mol. The zero-order valence-corrected chi connectivity index (χ0v) is 7.83. The standard InChI is InChI=1S/C10H19NO/c1-2-3-9(11)8-6-7-4-5-10(8)12-7/h7-10H,2-6,11H2,1H3/t7?,8?,9-,10?/m1/s1. The minimum atomic E-state index is 0.394. The predicted molar refractivity (Wildman–Crippen MR) is 48.9 cm³/mol. The Bertz CT molecular complexity index is 160. The van der Waals surface area contributed by atoms with E-state index in [0.29, 0.717) is 24.2 Å². The highest BCUT2D eigenvalue weighted by Gasteiger charge is 2.42. The van der Waals surface area contributed by atoms with E-state index in [-0.39, 0.29) is 0 Å². The lowest BCUT2D eigenvalue weighted by Gasteiger charge is -2.24. The highest BCUT2D eigenvalue weighted by molar-refractivity contribution is 4.93. The van der Waals surface area contributed by atoms with E-state index < -0.39 is 0 Å². The first kappa shape index (κ1) is 8.52. The van der Waals surface area contributed by atoms with Crippen LogP contribution >= 0.6 is 0 Å². The molecule has 2 saturated heterocycles. The van der Waals surface area contributed by atoms with E-state index in [2.05, 4.69) is 6.92 Å². The van der Waals surface area contributed by atoms with Crippen molar-refractivity contribution >= 4 is 0 Å². The Labute approximate surface area is 74.5 Å². The average Bonchev–Trinajstić information content (AvgIpc) is 2.64. The second-order valence-corrected chi connectivity index (χ2v) is 4.23. The highest BCUT2D eigenvalue weighted by Crippen LogP contribution is 2.40. The molecule has 2 rings (SSSR count). The van der Waals surface area contributed by atoms with Crippen LogP contribution in [0.4, 0.5) is 0 Å². The van der Waals surface area contributed by atoms with Crippen molar-refractivity contribution in [1.82, 2.24) is 0 Å². The van der Waals surface area contributed by atoms with Crippen LogP contribution in [0.2, 0.25) is 0 Å². The van der Waals surface area contributed by atoms with E-state index in [4.69, 9.17) is 10.5 Å². The van der Waals surface area contributed by atoms with Crippen molar-refractivity contribution in [3.8, 4) is 0 Å². The summed E-state index contributed by atoms with van der Waals surface area (Å²) in [5.41, 5.74) is 6.10. The second kappa shape index (κ2) is 3.35. The van der Waals surface area contributed by atoms with Crippen molar-refractivity contribution in [1.29, 1.82) is 0 Å². The summed E-state index contributed by atoms with van der Waals surface area (Å²) in [6.07, 6.45) is 7.20. The van der Waals surface area contributed by atoms with Gasteiger partial charge in [-0.05, 0) is 25.7 Å². The summed E-state index contributed by atoms with van der Waals surface area (Å²) in [5.74, 6) is 0.670. The van der Waals surface area contributed by atoms with E-state index in [1.54, 1.807) is 0 Å². The molecule has 0 aromatic heterocycles. The van der Waals surface area contributed by atoms with Gasteiger partial charge in [0.25, 0.3) is 0 Å². The third-order valence-corrected chi connectivity index (χ3v) is 3.32. The molecule has 2 fully saturated rings. The smallest absolute Gasteiger partial charge is 0.0623 e. The van der Waals surface area contributed by atoms with Crippen LogP contribution in [-0.4, -0.2) is 18.2 Å². The Hall–Kier alpha value is -0.0800. The van der Waals surface area contributed by atoms with Crippen molar-refractivity contribution < 1.29 is 4.74 Å². The monoisotopic (exact) mass is 169 g/mol. The molecule has 3 unspecified atom stereocenters. The second-order valence-electron chi connectivity index (χ2n) is 4.23. The molecular formula is C10H19NO. The molecule has 4 atom stereocenters. The lowest BCUT2D eigenvalue weighted by Crippen LogP contribution is -2.36. The van der Waals surface area contributed by atoms with Gasteiger partial charge in [0.2, 0.25) is 0 Å². The van der Waals surface area contributed by atoms with Gasteiger partial charge in [0.1, 0.15) is 0 Å². The number of rotatable bonds is 3. The first-order valence-corrected chi connectivity index (χ1v) is 5.22. The van der Waals surface area contributed by atoms with Gasteiger partial charge in [-0.2, -0.15) is 0 Å². The van der Waals surface area contributed by atoms with Gasteiger partial charge in [-0.3, -0.25) is 0 Å². The van der Waals surface area contributed by atoms with Crippen LogP contribution in [0.15, 0.2) is 0 Å². The van der Waals surface area contributed by atoms with Gasteiger partial charge in [-0.1, -0.05) is 13.3 Å². The maximum Gasteiger partial charge on any atom is 0.0623 e. The third kappa shape index (κ3) is 1.38. The summed E-state index contributed by atoms with van der Waals surface area (Å²) in [6, 6.07) is 0.394. The van der Waals surface area contributed by atoms with Crippen molar-refractivity contribution in [2.75, 3.05) is 0 Å². The van der Waals surface area contributed by atoms with Crippen LogP contribution in [0.1, 0.15) is 39.0 Å². The quantitative estimate of drug-likeness (QED) is 0.697. The Kier molecular flexibility index (Phi) is 2.37. The molecule has 0 radical (unpaired) electrons. The van der Waals surface area contributed by atoms with Crippen molar-refractivity contribution in [3.05, 3.63) is 0 Å². The summed E-state index contributed by atoms with van der Waals surface area (Å²) in [7, 11) is 0. The van der Waals surface area contributed by atoms with Crippen LogP contribution < -0.4 is 5.73 Å². The fourth-order valence-electron chi connectivity index (χ4n) is 2.68. The molecule has 0 aromatic rings. The van der Waals surface area contributed by atoms with E-state index in [1.165, 1.54) is 25.7 Å². The maximum absolute atomic E-state index is 6.10. The number of ether oxygens (including phenoxy) is 1. The minimum Gasteiger partial charge on any atom is -0.375 e. The highest BCUT2D eigenvalue weighted by atomic mass is 16.5. The van der Waals surface area contributed by atoms with Crippen molar-refractivity contribution in [2.45, 2.75) is 57.3 Å². The normalized spacial score (nSPS) is 42.0. The molecule has 0 saturated carbocycles. The summed E-state index contributed by atoms with van der Waals surface area (Å²) < 4.78 is 5.77. The summed E-state index contributed by atoms with van der Waals surface area (Å²) in [4.78, 5) is 0. The molecule has 0 spiro atoms. The zero-order valence-electron chi connectivity index (χ0n) is 7.83. The number of hydrogen-bond donors (Lipinski definition) is 1. The van der Waals surface area contributed by atoms with Gasteiger partial charge in [0.15, 0.2) is 0 Å². The van der Waals surface area contributed by atoms with Crippen LogP contribution in [0.3, 0.4) is 0 Å². The summed E-state index contributed by atoms with van der Waals surface area (Å²) >= 11 is 0. The summed E-state index contributed by atoms with van der Waals surface area (Å²) in [5, 5.41) is 0. The zero-order chi connectivity index (χ0) is 8.55. The lowest BCUT2D eigenvalue weighted by atomic mass is 9.83. The molecule has 2 bridgehead atoms. The van der Waals surface area contributed by atoms with Crippen LogP contribution in [0.5, 0.6) is 0 Å². The first-order valence-electron chi connectivity index (χ1n) is 5.22. The van der Waals surface area contributed by atoms with E-state index >= 15 is 0 Å². The molecule has 12 heavy (non-hydrogen) atoms. The van der Waals surface area contributed by atoms with Crippen LogP contribution in [0, 0.1) is 5.92 Å². The Morgan fingerprint density at radius 1 is 1.50 bits per heavy atom. The van der Waals surface area contributed by atoms with Gasteiger partial charge >= 0.3 is 0 Å². The lowest BCUT2D eigenvalue weighted by molar-refractivity contribution is 0.0879. The van der Waals surface area contributed by atoms with Gasteiger partial charge < -0.3 is 10.5 Å². The molecule has 0 amide bonds. The van der Waals surface area contributed by atoms with Crippen molar-refractivity contribution in [2.24, 2.45) is 11.7 Å². The van der Waals surface area contributed by atoms with Gasteiger partial charge in [0, 0.05) is 12.0 Å². The molecule has 0 aromatic carbocycles. The topological polar surface area (TPSA) is 35.2 Å². The van der Waals surface area contributed by atoms with Crippen LogP contribution in [-0.2, 0) is 4.74 Å². The molecule has 70 valence electrons. The number of nitrogens with two attached hydrogens (primary N) is 1. The molecule has 2 heteroatoms. The van der Waals surface area contributed by atoms with E-state index in [1.807, 2.05) is 0 Å². The van der Waals surface area contributed by atoms with Gasteiger partial charge in [-0.25, -0.2) is 0 Å². The fraction of sp³-hybridized carbons (Fsp3) is 1.00. The number of hydrogen-bond acceptors (Lipinski definition) is 2. The fourth-order valence-corrected chi connectivity index (χ4v) is 2.68. The van der Waals surface area contributed by atoms with Crippen LogP contribution in [0.25, 0.3) is 0 Å². The van der Waals surface area contributed by atoms with E-state index in [0.717, 1.165) is 6.42 Å². The average molecular weight is 169 g/mol. The first-order chi connectivity index (χ1) is 5.81. The van der Waals surface area contributed by atoms with Gasteiger partial charge in [-0.15, -0.1) is 0 Å². The molecule has 2 nitrogen and oxygen atoms in total. The predicted octanol–water partition coefficient (Wildman–Crippen LogP) is 1.68. The SMILES string of the molecule is CCC[C@@H](N)C1CC2CCC1O2. The summed E-state index contributed by atoms with van der Waals surface area (Å²) in [6.45, 7) is 2.20. The Morgan fingerprint density at radius 2 is 2.33 bits per heavy atom. The molecule has 2 aliphatic heterocycles. The Balaban J connectivity index is 1.89. The molecule has 2 heterocycles. The molecule has 0 aliphatic carbocycles.